The summed E-state index contributed by atoms with van der Waals surface area (Å²) in [5.41, 5.74) is 6.43. The van der Waals surface area contributed by atoms with Crippen LogP contribution >= 0.6 is 0 Å². The molecule has 24 heteroatoms. The Morgan fingerprint density at radius 2 is 1.55 bits per heavy atom. The average molecular weight is 1060 g/mol. The Labute approximate surface area is 439 Å². The van der Waals surface area contributed by atoms with Crippen molar-refractivity contribution in [1.82, 2.24) is 45.9 Å². The van der Waals surface area contributed by atoms with Gasteiger partial charge in [0.05, 0.1) is 67.8 Å². The molecule has 3 aliphatic heterocycles. The molecule has 404 valence electrons. The summed E-state index contributed by atoms with van der Waals surface area (Å²) in [5, 5.41) is 24.3. The summed E-state index contributed by atoms with van der Waals surface area (Å²) < 4.78 is 22.2. The lowest BCUT2D eigenvalue weighted by molar-refractivity contribution is -0.172. The number of aryl methyl sites for hydroxylation is 1. The van der Waals surface area contributed by atoms with Crippen LogP contribution in [0.4, 0.5) is 4.39 Å². The van der Waals surface area contributed by atoms with Crippen molar-refractivity contribution in [2.45, 2.75) is 96.1 Å². The molecular weight excluding hydrogens is 1000 g/mol. The first-order valence-corrected chi connectivity index (χ1v) is 25.1. The van der Waals surface area contributed by atoms with Crippen molar-refractivity contribution in [2.75, 3.05) is 39.3 Å². The molecule has 0 spiro atoms. The van der Waals surface area contributed by atoms with Crippen LogP contribution in [0.1, 0.15) is 90.4 Å². The van der Waals surface area contributed by atoms with E-state index in [2.05, 4.69) is 26.6 Å². The van der Waals surface area contributed by atoms with Crippen LogP contribution in [-0.2, 0) is 84.3 Å². The third-order valence-electron chi connectivity index (χ3n) is 14.2. The Hall–Kier alpha value is -8.67. The zero-order valence-corrected chi connectivity index (χ0v) is 42.3. The predicted molar refractivity (Wildman–Crippen MR) is 270 cm³/mol. The van der Waals surface area contributed by atoms with Gasteiger partial charge in [0.25, 0.3) is 17.4 Å². The molecule has 0 radical (unpaired) electrons. The molecule has 3 atom stereocenters. The van der Waals surface area contributed by atoms with E-state index in [-0.39, 0.29) is 91.6 Å². The van der Waals surface area contributed by atoms with Crippen LogP contribution in [0.2, 0.25) is 0 Å². The number of carbonyl (C=O) groups is 10. The van der Waals surface area contributed by atoms with E-state index in [0.717, 1.165) is 4.90 Å². The number of imide groups is 1. The summed E-state index contributed by atoms with van der Waals surface area (Å²) in [6.07, 6.45) is 4.26. The molecule has 1 aliphatic carbocycles. The highest BCUT2D eigenvalue weighted by molar-refractivity contribution is 6.12. The second-order valence-corrected chi connectivity index (χ2v) is 19.2. The minimum absolute atomic E-state index is 0.0219. The van der Waals surface area contributed by atoms with Gasteiger partial charge in [-0.05, 0) is 67.3 Å². The van der Waals surface area contributed by atoms with Gasteiger partial charge in [-0.3, -0.25) is 52.8 Å². The second-order valence-electron chi connectivity index (χ2n) is 19.2. The first-order valence-electron chi connectivity index (χ1n) is 25.1. The number of aliphatic hydroxyl groups is 1. The number of nitrogens with zero attached hydrogens (tertiary/aromatic N) is 4. The van der Waals surface area contributed by atoms with Gasteiger partial charge in [0.1, 0.15) is 18.5 Å². The number of halogens is 1. The summed E-state index contributed by atoms with van der Waals surface area (Å²) in [4.78, 5) is 149. The third kappa shape index (κ3) is 11.6. The van der Waals surface area contributed by atoms with Gasteiger partial charge >= 0.3 is 5.97 Å². The highest BCUT2D eigenvalue weighted by Gasteiger charge is 2.46. The number of esters is 1. The lowest BCUT2D eigenvalue weighted by atomic mass is 9.81. The quantitative estimate of drug-likeness (QED) is 0.0261. The molecule has 2 aromatic heterocycles. The van der Waals surface area contributed by atoms with E-state index >= 15 is 4.39 Å². The maximum absolute atomic E-state index is 15.6. The van der Waals surface area contributed by atoms with Crippen molar-refractivity contribution in [3.63, 3.8) is 0 Å². The fourth-order valence-corrected chi connectivity index (χ4v) is 10.2. The van der Waals surface area contributed by atoms with E-state index in [1.165, 1.54) is 33.8 Å². The number of hydrogen-bond acceptors (Lipinski definition) is 14. The smallest absolute Gasteiger partial charge is 0.343 e. The number of fused-ring (bicyclic) bond motifs is 5. The minimum Gasteiger partial charge on any atom is -0.458 e. The Bertz CT molecular complexity index is 3220. The molecule has 77 heavy (non-hydrogen) atoms. The number of rotatable bonds is 22. The number of nitrogens with one attached hydrogen (secondary N) is 5. The molecule has 0 saturated heterocycles. The maximum atomic E-state index is 15.6. The van der Waals surface area contributed by atoms with Crippen molar-refractivity contribution in [3.8, 4) is 11.4 Å². The molecule has 4 aromatic rings. The second kappa shape index (κ2) is 23.1. The van der Waals surface area contributed by atoms with Gasteiger partial charge in [0.15, 0.2) is 5.60 Å². The van der Waals surface area contributed by atoms with Crippen molar-refractivity contribution in [1.29, 1.82) is 0 Å². The number of primary amides is 1. The van der Waals surface area contributed by atoms with Crippen LogP contribution in [0.15, 0.2) is 59.4 Å². The number of pyridine rings is 2. The summed E-state index contributed by atoms with van der Waals surface area (Å²) >= 11 is 0. The van der Waals surface area contributed by atoms with Crippen LogP contribution in [0, 0.1) is 12.7 Å². The van der Waals surface area contributed by atoms with Gasteiger partial charge < -0.3 is 51.6 Å². The van der Waals surface area contributed by atoms with E-state index in [0.29, 0.717) is 52.5 Å². The molecular formula is C53H57FN10O13. The van der Waals surface area contributed by atoms with Gasteiger partial charge in [0, 0.05) is 54.1 Å². The SMILES string of the molecule is CC[C@@]1(O)C(=O)OCc2c1cc1n(c2=O)Cc2c-1nc1cc(F)c(C)c3c1c2[C@@H](N(CC(N)=O)C(=O)CNC(=O)CNC(=O)[C@H](Cc1ccccc1)NC(=O)CNC(=O)CNC(=O)CCCCCN1C(=O)C=CC1=O)CC3. The molecule has 2 aromatic carbocycles. The lowest BCUT2D eigenvalue weighted by Gasteiger charge is -2.37. The van der Waals surface area contributed by atoms with Crippen LogP contribution in [0.5, 0.6) is 0 Å². The highest BCUT2D eigenvalue weighted by Crippen LogP contribution is 2.47. The summed E-state index contributed by atoms with van der Waals surface area (Å²) in [7, 11) is 0. The van der Waals surface area contributed by atoms with E-state index in [1.54, 1.807) is 44.2 Å². The average Bonchev–Trinajstić information content (AvgIpc) is 4.09. The van der Waals surface area contributed by atoms with Crippen molar-refractivity contribution >= 4 is 70.0 Å². The van der Waals surface area contributed by atoms with Crippen LogP contribution in [-0.4, -0.2) is 129 Å². The molecule has 23 nitrogen and oxygen atoms in total. The molecule has 0 unspecified atom stereocenters. The van der Waals surface area contributed by atoms with E-state index in [9.17, 15) is 57.8 Å². The fourth-order valence-electron chi connectivity index (χ4n) is 10.2. The number of ether oxygens (including phenoxy) is 1. The first-order chi connectivity index (χ1) is 36.8. The number of carbonyl (C=O) groups excluding carboxylic acids is 10. The number of benzene rings is 2. The predicted octanol–water partition coefficient (Wildman–Crippen LogP) is -0.494. The Kier molecular flexibility index (Phi) is 16.4. The first kappa shape index (κ1) is 54.6. The number of hydrogen-bond donors (Lipinski definition) is 7. The van der Waals surface area contributed by atoms with Crippen molar-refractivity contribution in [2.24, 2.45) is 5.73 Å². The topological polar surface area (TPSA) is 328 Å². The van der Waals surface area contributed by atoms with Gasteiger partial charge in [-0.2, -0.15) is 0 Å². The molecule has 5 heterocycles. The summed E-state index contributed by atoms with van der Waals surface area (Å²) in [5.74, 6) is -7.33. The summed E-state index contributed by atoms with van der Waals surface area (Å²) in [6, 6.07) is 9.21. The van der Waals surface area contributed by atoms with Crippen LogP contribution < -0.4 is 37.9 Å². The highest BCUT2D eigenvalue weighted by atomic mass is 19.1. The van der Waals surface area contributed by atoms with E-state index < -0.39 is 109 Å². The summed E-state index contributed by atoms with van der Waals surface area (Å²) in [6.45, 7) is 0.0209. The van der Waals surface area contributed by atoms with Crippen molar-refractivity contribution in [3.05, 3.63) is 110 Å². The lowest BCUT2D eigenvalue weighted by Crippen LogP contribution is -2.53. The largest absolute Gasteiger partial charge is 0.458 e. The molecule has 9 amide bonds. The standard InChI is InChI=1S/C53H57FN10O13/c1-3-53(76)33-19-38-49-31(25-64(38)51(74)32(33)27-77-52(53)75)48-37(14-13-30-28(2)34(54)20-35(61-49)47(30)48)63(26-39(55)65)46(72)24-58-42(68)22-59-50(73)36(18-29-10-6-4-7-11-29)60-43(69)23-57-41(67)21-56-40(66)12-8-5-9-17-62-44(70)15-16-45(62)71/h4,6-7,10-11,15-16,19-20,36-37,76H,3,5,8-9,12-14,17-18,21-27H2,1-2H3,(H2,55,65)(H,56,66)(H,57,67)(H,58,68)(H,59,73)(H,60,69)/t36-,37-,53-/m0/s1. The molecule has 0 bridgehead atoms. The van der Waals surface area contributed by atoms with Gasteiger partial charge in [0.2, 0.25) is 41.4 Å². The number of cyclic esters (lactones) is 1. The monoisotopic (exact) mass is 1060 g/mol. The normalized spacial score (nSPS) is 17.2. The Morgan fingerprint density at radius 3 is 2.25 bits per heavy atom. The third-order valence-corrected chi connectivity index (χ3v) is 14.2. The van der Waals surface area contributed by atoms with E-state index in [4.69, 9.17) is 15.5 Å². The number of aromatic nitrogens is 2. The van der Waals surface area contributed by atoms with Crippen LogP contribution in [0.25, 0.3) is 22.3 Å². The Morgan fingerprint density at radius 1 is 0.870 bits per heavy atom. The molecule has 8 N–H and O–H groups in total. The van der Waals surface area contributed by atoms with Gasteiger partial charge in [-0.1, -0.05) is 43.7 Å². The van der Waals surface area contributed by atoms with Crippen molar-refractivity contribution < 1.29 is 62.2 Å². The fraction of sp³-hybridized carbons (Fsp3) is 0.396. The molecule has 4 aliphatic rings. The zero-order chi connectivity index (χ0) is 55.3. The number of unbranched alkanes of at least 4 members (excludes halogenated alkanes) is 2. The molecule has 0 fully saturated rings. The zero-order valence-electron chi connectivity index (χ0n) is 42.3. The van der Waals surface area contributed by atoms with Crippen LogP contribution in [0.3, 0.4) is 0 Å². The van der Waals surface area contributed by atoms with Gasteiger partial charge in [-0.25, -0.2) is 14.2 Å². The number of nitrogens with two attached hydrogens (primary N) is 1. The Balaban J connectivity index is 0.896. The molecule has 0 saturated carbocycles. The maximum Gasteiger partial charge on any atom is 0.343 e. The number of amides is 9. The minimum atomic E-state index is -2.12. The van der Waals surface area contributed by atoms with E-state index in [1.807, 2.05) is 0 Å². The van der Waals surface area contributed by atoms with Gasteiger partial charge in [-0.15, -0.1) is 0 Å². The molecule has 8 rings (SSSR count).